The number of hydrogen-bond acceptors (Lipinski definition) is 3. The lowest BCUT2D eigenvalue weighted by molar-refractivity contribution is -0.0133. The van der Waals surface area contributed by atoms with E-state index in [2.05, 4.69) is 4.98 Å². The van der Waals surface area contributed by atoms with Crippen LogP contribution in [0, 0.1) is 0 Å². The Bertz CT molecular complexity index is 357. The molecule has 0 radical (unpaired) electrons. The Morgan fingerprint density at radius 3 is 3.12 bits per heavy atom. The summed E-state index contributed by atoms with van der Waals surface area (Å²) >= 11 is 0. The van der Waals surface area contributed by atoms with Crippen molar-refractivity contribution in [3.63, 3.8) is 0 Å². The lowest BCUT2D eigenvalue weighted by Crippen LogP contribution is -2.47. The predicted octanol–water partition coefficient (Wildman–Crippen LogP) is 1.04. The minimum Gasteiger partial charge on any atom is -0.389 e. The fourth-order valence-electron chi connectivity index (χ4n) is 2.25. The van der Waals surface area contributed by atoms with Crippen LogP contribution in [-0.2, 0) is 0 Å². The van der Waals surface area contributed by atoms with Gasteiger partial charge in [0, 0.05) is 12.7 Å². The first-order valence-electron chi connectivity index (χ1n) is 5.68. The van der Waals surface area contributed by atoms with Gasteiger partial charge in [-0.2, -0.15) is 0 Å². The molecule has 2 heterocycles. The molecular formula is C12H18N2O2. The summed E-state index contributed by atoms with van der Waals surface area (Å²) in [5.74, 6) is 0.0858. The van der Waals surface area contributed by atoms with Crippen LogP contribution in [-0.4, -0.2) is 46.0 Å². The van der Waals surface area contributed by atoms with Gasteiger partial charge in [0.25, 0.3) is 0 Å². The number of nitrogens with zero attached hydrogens (tertiary/aromatic N) is 1. The molecule has 1 atom stereocenters. The van der Waals surface area contributed by atoms with Crippen LogP contribution in [0.1, 0.15) is 30.3 Å². The number of H-pyrrole nitrogens is 1. The van der Waals surface area contributed by atoms with E-state index in [-0.39, 0.29) is 5.78 Å². The number of carbonyl (C=O) groups excluding carboxylic acids is 1. The van der Waals surface area contributed by atoms with Crippen LogP contribution >= 0.6 is 0 Å². The van der Waals surface area contributed by atoms with Gasteiger partial charge in [0.1, 0.15) is 0 Å². The van der Waals surface area contributed by atoms with Crippen molar-refractivity contribution in [2.75, 3.05) is 19.6 Å². The molecule has 1 aliphatic heterocycles. The van der Waals surface area contributed by atoms with E-state index in [1.807, 2.05) is 17.9 Å². The number of rotatable bonds is 3. The molecule has 0 aromatic carbocycles. The van der Waals surface area contributed by atoms with E-state index in [0.717, 1.165) is 19.4 Å². The Kier molecular flexibility index (Phi) is 3.12. The Hall–Kier alpha value is -1.13. The minimum absolute atomic E-state index is 0.0858. The first-order chi connectivity index (χ1) is 7.57. The molecule has 2 N–H and O–H groups in total. The van der Waals surface area contributed by atoms with E-state index in [1.165, 1.54) is 0 Å². The summed E-state index contributed by atoms with van der Waals surface area (Å²) in [7, 11) is 0. The zero-order valence-electron chi connectivity index (χ0n) is 9.57. The molecule has 0 spiro atoms. The number of ketones is 1. The number of aliphatic hydroxyl groups is 1. The molecule has 0 bridgehead atoms. The van der Waals surface area contributed by atoms with Crippen molar-refractivity contribution in [1.82, 2.24) is 9.88 Å². The maximum absolute atomic E-state index is 11.8. The summed E-state index contributed by atoms with van der Waals surface area (Å²) < 4.78 is 0. The first-order valence-corrected chi connectivity index (χ1v) is 5.68. The molecule has 1 aromatic rings. The zero-order chi connectivity index (χ0) is 11.6. The second-order valence-corrected chi connectivity index (χ2v) is 4.82. The third kappa shape index (κ3) is 2.71. The van der Waals surface area contributed by atoms with Crippen molar-refractivity contribution in [3.05, 3.63) is 24.0 Å². The molecule has 1 unspecified atom stereocenters. The maximum atomic E-state index is 11.8. The predicted molar refractivity (Wildman–Crippen MR) is 61.4 cm³/mol. The van der Waals surface area contributed by atoms with Gasteiger partial charge in [0.05, 0.1) is 17.8 Å². The highest BCUT2D eigenvalue weighted by molar-refractivity contribution is 5.95. The van der Waals surface area contributed by atoms with Gasteiger partial charge < -0.3 is 10.1 Å². The normalized spacial score (nSPS) is 26.9. The highest BCUT2D eigenvalue weighted by atomic mass is 16.3. The van der Waals surface area contributed by atoms with E-state index in [4.69, 9.17) is 0 Å². The number of β-amino-alcohol motifs (C(OH)–C–C–N with tert-alkyl or cyclic N) is 1. The van der Waals surface area contributed by atoms with Gasteiger partial charge in [-0.1, -0.05) is 0 Å². The van der Waals surface area contributed by atoms with E-state index in [1.54, 1.807) is 12.3 Å². The zero-order valence-corrected chi connectivity index (χ0v) is 9.57. The highest BCUT2D eigenvalue weighted by Crippen LogP contribution is 2.20. The molecule has 0 aliphatic carbocycles. The Labute approximate surface area is 95.3 Å². The van der Waals surface area contributed by atoms with Crippen molar-refractivity contribution >= 4 is 5.78 Å². The molecule has 1 fully saturated rings. The maximum Gasteiger partial charge on any atom is 0.192 e. The van der Waals surface area contributed by atoms with E-state index in [0.29, 0.717) is 18.8 Å². The summed E-state index contributed by atoms with van der Waals surface area (Å²) in [6.07, 6.45) is 3.52. The highest BCUT2D eigenvalue weighted by Gasteiger charge is 2.29. The summed E-state index contributed by atoms with van der Waals surface area (Å²) in [6, 6.07) is 3.60. The average Bonchev–Trinajstić information content (AvgIpc) is 2.68. The molecule has 2 rings (SSSR count). The SMILES string of the molecule is CC1(O)CCCN(CC(=O)c2ccc[nH]2)C1. The number of piperidine rings is 1. The average molecular weight is 222 g/mol. The van der Waals surface area contributed by atoms with Gasteiger partial charge in [-0.25, -0.2) is 0 Å². The van der Waals surface area contributed by atoms with Crippen molar-refractivity contribution in [3.8, 4) is 0 Å². The van der Waals surface area contributed by atoms with Crippen LogP contribution in [0.4, 0.5) is 0 Å². The number of likely N-dealkylation sites (tertiary alicyclic amines) is 1. The van der Waals surface area contributed by atoms with Crippen molar-refractivity contribution in [1.29, 1.82) is 0 Å². The lowest BCUT2D eigenvalue weighted by atomic mass is 9.95. The molecule has 1 saturated heterocycles. The molecule has 1 aromatic heterocycles. The fraction of sp³-hybridized carbons (Fsp3) is 0.583. The van der Waals surface area contributed by atoms with Gasteiger partial charge in [0.2, 0.25) is 0 Å². The third-order valence-corrected chi connectivity index (χ3v) is 3.02. The molecule has 1 aliphatic rings. The standard InChI is InChI=1S/C12H18N2O2/c1-12(16)5-3-7-14(9-12)8-11(15)10-4-2-6-13-10/h2,4,6,13,16H,3,5,7-9H2,1H3. The number of nitrogens with one attached hydrogen (secondary N) is 1. The summed E-state index contributed by atoms with van der Waals surface area (Å²) in [5, 5.41) is 9.93. The van der Waals surface area contributed by atoms with Crippen molar-refractivity contribution < 1.29 is 9.90 Å². The summed E-state index contributed by atoms with van der Waals surface area (Å²) in [5.41, 5.74) is -0.000859. The molecule has 4 nitrogen and oxygen atoms in total. The fourth-order valence-corrected chi connectivity index (χ4v) is 2.25. The number of carbonyl (C=O) groups is 1. The van der Waals surface area contributed by atoms with Crippen LogP contribution < -0.4 is 0 Å². The molecule has 0 saturated carbocycles. The molecule has 0 amide bonds. The topological polar surface area (TPSA) is 56.3 Å². The number of aromatic amines is 1. The first kappa shape index (κ1) is 11.4. The summed E-state index contributed by atoms with van der Waals surface area (Å²) in [4.78, 5) is 16.8. The Balaban J connectivity index is 1.92. The van der Waals surface area contributed by atoms with Gasteiger partial charge in [0.15, 0.2) is 5.78 Å². The second kappa shape index (κ2) is 4.39. The van der Waals surface area contributed by atoms with Crippen LogP contribution in [0.3, 0.4) is 0 Å². The van der Waals surface area contributed by atoms with E-state index in [9.17, 15) is 9.90 Å². The van der Waals surface area contributed by atoms with Crippen LogP contribution in [0.5, 0.6) is 0 Å². The van der Waals surface area contributed by atoms with Crippen LogP contribution in [0.25, 0.3) is 0 Å². The van der Waals surface area contributed by atoms with Crippen LogP contribution in [0.15, 0.2) is 18.3 Å². The monoisotopic (exact) mass is 222 g/mol. The third-order valence-electron chi connectivity index (χ3n) is 3.02. The molecular weight excluding hydrogens is 204 g/mol. The van der Waals surface area contributed by atoms with Crippen molar-refractivity contribution in [2.24, 2.45) is 0 Å². The van der Waals surface area contributed by atoms with Crippen LogP contribution in [0.2, 0.25) is 0 Å². The molecule has 16 heavy (non-hydrogen) atoms. The molecule has 4 heteroatoms. The van der Waals surface area contributed by atoms with Gasteiger partial charge in [-0.05, 0) is 38.4 Å². The quantitative estimate of drug-likeness (QED) is 0.751. The second-order valence-electron chi connectivity index (χ2n) is 4.82. The van der Waals surface area contributed by atoms with Gasteiger partial charge >= 0.3 is 0 Å². The lowest BCUT2D eigenvalue weighted by Gasteiger charge is -2.36. The largest absolute Gasteiger partial charge is 0.389 e. The smallest absolute Gasteiger partial charge is 0.192 e. The number of Topliss-reactive ketones (excluding diaryl/α,β-unsaturated/α-hetero) is 1. The number of hydrogen-bond donors (Lipinski definition) is 2. The Morgan fingerprint density at radius 1 is 1.69 bits per heavy atom. The van der Waals surface area contributed by atoms with E-state index >= 15 is 0 Å². The van der Waals surface area contributed by atoms with Gasteiger partial charge in [-0.3, -0.25) is 9.69 Å². The summed E-state index contributed by atoms with van der Waals surface area (Å²) in [6.45, 7) is 3.69. The number of aromatic nitrogens is 1. The minimum atomic E-state index is -0.645. The van der Waals surface area contributed by atoms with Gasteiger partial charge in [-0.15, -0.1) is 0 Å². The van der Waals surface area contributed by atoms with E-state index < -0.39 is 5.60 Å². The molecule has 88 valence electrons. The Morgan fingerprint density at radius 2 is 2.50 bits per heavy atom. The van der Waals surface area contributed by atoms with Crippen molar-refractivity contribution in [2.45, 2.75) is 25.4 Å².